The maximum Gasteiger partial charge on any atom is 0.177 e. The fraction of sp³-hybridized carbons (Fsp3) is 0.250. The summed E-state index contributed by atoms with van der Waals surface area (Å²) in [5.74, 6) is 0. The Kier molecular flexibility index (Phi) is 2.28. The Bertz CT molecular complexity index is 438. The Labute approximate surface area is 85.1 Å². The minimum atomic E-state index is 0.757. The van der Waals surface area contributed by atoms with E-state index in [1.807, 2.05) is 29.3 Å². The molecule has 0 amide bonds. The average Bonchev–Trinajstić information content (AvgIpc) is 2.70. The highest BCUT2D eigenvalue weighted by molar-refractivity contribution is 7.71. The van der Waals surface area contributed by atoms with E-state index >= 15 is 0 Å². The maximum atomic E-state index is 5.13. The second-order valence-corrected chi connectivity index (χ2v) is 4.11. The van der Waals surface area contributed by atoms with Crippen LogP contribution in [0.15, 0.2) is 17.8 Å². The van der Waals surface area contributed by atoms with Crippen LogP contribution >= 0.6 is 23.6 Å². The summed E-state index contributed by atoms with van der Waals surface area (Å²) in [6.07, 6.45) is 3.72. The predicted octanol–water partition coefficient (Wildman–Crippen LogP) is 2.36. The third kappa shape index (κ3) is 1.71. The molecular formula is C8H9N3S2. The molecule has 0 radical (unpaired) electrons. The van der Waals surface area contributed by atoms with Crippen LogP contribution in [0.1, 0.15) is 10.7 Å². The summed E-state index contributed by atoms with van der Waals surface area (Å²) in [5.41, 5.74) is 1.14. The van der Waals surface area contributed by atoms with Gasteiger partial charge in [0.15, 0.2) is 4.77 Å². The summed E-state index contributed by atoms with van der Waals surface area (Å²) < 4.78 is 2.79. The van der Waals surface area contributed by atoms with Crippen molar-refractivity contribution in [2.24, 2.45) is 0 Å². The van der Waals surface area contributed by atoms with Crippen LogP contribution in [0, 0.1) is 11.7 Å². The molecule has 3 nitrogen and oxygen atoms in total. The highest BCUT2D eigenvalue weighted by atomic mass is 32.1. The normalized spacial score (nSPS) is 10.5. The Morgan fingerprint density at radius 3 is 3.08 bits per heavy atom. The molecule has 0 aromatic carbocycles. The largest absolute Gasteiger partial charge is 0.337 e. The van der Waals surface area contributed by atoms with Crippen LogP contribution in [0.3, 0.4) is 0 Å². The first-order valence-electron chi connectivity index (χ1n) is 3.90. The van der Waals surface area contributed by atoms with Crippen molar-refractivity contribution in [1.29, 1.82) is 0 Å². The molecule has 0 bridgehead atoms. The second-order valence-electron chi connectivity index (χ2n) is 2.75. The Hall–Kier alpha value is -0.940. The Morgan fingerprint density at radius 2 is 2.54 bits per heavy atom. The number of aromatic amines is 1. The molecule has 0 aliphatic carbocycles. The molecule has 0 aliphatic heterocycles. The number of aromatic nitrogens is 3. The zero-order valence-corrected chi connectivity index (χ0v) is 8.78. The minimum Gasteiger partial charge on any atom is -0.337 e. The number of hydrogen-bond acceptors (Lipinski definition) is 3. The lowest BCUT2D eigenvalue weighted by Gasteiger charge is -2.00. The molecule has 5 heteroatoms. The van der Waals surface area contributed by atoms with Crippen molar-refractivity contribution in [3.8, 4) is 0 Å². The zero-order chi connectivity index (χ0) is 9.26. The van der Waals surface area contributed by atoms with Gasteiger partial charge in [-0.1, -0.05) is 0 Å². The highest BCUT2D eigenvalue weighted by Crippen LogP contribution is 2.09. The number of thiazole rings is 1. The van der Waals surface area contributed by atoms with Crippen molar-refractivity contribution < 1.29 is 0 Å². The second kappa shape index (κ2) is 3.43. The molecule has 0 unspecified atom stereocenters. The van der Waals surface area contributed by atoms with Crippen molar-refractivity contribution in [2.75, 3.05) is 0 Å². The first kappa shape index (κ1) is 8.65. The summed E-state index contributed by atoms with van der Waals surface area (Å²) in [4.78, 5) is 7.21. The lowest BCUT2D eigenvalue weighted by atomic mass is 10.5. The topological polar surface area (TPSA) is 33.6 Å². The molecule has 0 saturated heterocycles. The third-order valence-electron chi connectivity index (χ3n) is 1.85. The van der Waals surface area contributed by atoms with Gasteiger partial charge in [0.05, 0.1) is 6.54 Å². The molecule has 1 N–H and O–H groups in total. The Balaban J connectivity index is 2.33. The number of H-pyrrole nitrogens is 1. The zero-order valence-electron chi connectivity index (χ0n) is 7.15. The van der Waals surface area contributed by atoms with E-state index in [0.29, 0.717) is 0 Å². The Morgan fingerprint density at radius 1 is 1.69 bits per heavy atom. The molecule has 2 aromatic heterocycles. The lowest BCUT2D eigenvalue weighted by Crippen LogP contribution is -2.00. The van der Waals surface area contributed by atoms with E-state index in [0.717, 1.165) is 22.0 Å². The third-order valence-corrected chi connectivity index (χ3v) is 2.95. The molecule has 0 spiro atoms. The monoisotopic (exact) mass is 211 g/mol. The fourth-order valence-corrected chi connectivity index (χ4v) is 2.02. The summed E-state index contributed by atoms with van der Waals surface area (Å²) in [6, 6.07) is 0. The van der Waals surface area contributed by atoms with Crippen LogP contribution in [-0.4, -0.2) is 14.5 Å². The highest BCUT2D eigenvalue weighted by Gasteiger charge is 2.01. The van der Waals surface area contributed by atoms with Crippen molar-refractivity contribution in [1.82, 2.24) is 14.5 Å². The van der Waals surface area contributed by atoms with Gasteiger partial charge in [0, 0.05) is 23.5 Å². The quantitative estimate of drug-likeness (QED) is 0.774. The smallest absolute Gasteiger partial charge is 0.177 e. The molecule has 0 atom stereocenters. The van der Waals surface area contributed by atoms with Crippen LogP contribution in [-0.2, 0) is 6.54 Å². The molecule has 2 aromatic rings. The number of hydrogen-bond donors (Lipinski definition) is 1. The molecule has 68 valence electrons. The van der Waals surface area contributed by atoms with Crippen molar-refractivity contribution >= 4 is 23.6 Å². The van der Waals surface area contributed by atoms with E-state index in [2.05, 4.69) is 9.97 Å². The van der Waals surface area contributed by atoms with Gasteiger partial charge in [-0.15, -0.1) is 11.3 Å². The molecule has 0 fully saturated rings. The van der Waals surface area contributed by atoms with Crippen LogP contribution in [0.2, 0.25) is 0 Å². The van der Waals surface area contributed by atoms with Gasteiger partial charge < -0.3 is 9.55 Å². The number of nitrogens with one attached hydrogen (secondary N) is 1. The summed E-state index contributed by atoms with van der Waals surface area (Å²) >= 11 is 6.78. The summed E-state index contributed by atoms with van der Waals surface area (Å²) in [5, 5.41) is 3.06. The van der Waals surface area contributed by atoms with Gasteiger partial charge in [0.1, 0.15) is 5.01 Å². The van der Waals surface area contributed by atoms with Crippen LogP contribution < -0.4 is 0 Å². The predicted molar refractivity (Wildman–Crippen MR) is 55.6 cm³/mol. The number of aryl methyl sites for hydroxylation is 1. The minimum absolute atomic E-state index is 0.757. The molecule has 0 saturated carbocycles. The SMILES string of the molecule is Cc1c[nH]c(=S)n1Cc1nccs1. The number of rotatable bonds is 2. The first-order chi connectivity index (χ1) is 6.27. The molecule has 2 heterocycles. The van der Waals surface area contributed by atoms with Crippen molar-refractivity contribution in [2.45, 2.75) is 13.5 Å². The van der Waals surface area contributed by atoms with E-state index in [4.69, 9.17) is 12.2 Å². The maximum absolute atomic E-state index is 5.13. The van der Waals surface area contributed by atoms with Crippen molar-refractivity contribution in [3.05, 3.63) is 33.2 Å². The average molecular weight is 211 g/mol. The lowest BCUT2D eigenvalue weighted by molar-refractivity contribution is 0.753. The molecule has 0 aliphatic rings. The molecular weight excluding hydrogens is 202 g/mol. The van der Waals surface area contributed by atoms with Crippen LogP contribution in [0.25, 0.3) is 0 Å². The van der Waals surface area contributed by atoms with Gasteiger partial charge in [-0.05, 0) is 19.1 Å². The van der Waals surface area contributed by atoms with Gasteiger partial charge in [-0.25, -0.2) is 4.98 Å². The number of imidazole rings is 1. The van der Waals surface area contributed by atoms with Gasteiger partial charge in [0.25, 0.3) is 0 Å². The number of nitrogens with zero attached hydrogens (tertiary/aromatic N) is 2. The summed E-state index contributed by atoms with van der Waals surface area (Å²) in [6.45, 7) is 2.80. The van der Waals surface area contributed by atoms with Gasteiger partial charge >= 0.3 is 0 Å². The van der Waals surface area contributed by atoms with Crippen LogP contribution in [0.4, 0.5) is 0 Å². The standard InChI is InChI=1S/C8H9N3S2/c1-6-4-10-8(12)11(6)5-7-9-2-3-13-7/h2-4H,5H2,1H3,(H,10,12). The molecule has 13 heavy (non-hydrogen) atoms. The van der Waals surface area contributed by atoms with Crippen molar-refractivity contribution in [3.63, 3.8) is 0 Å². The van der Waals surface area contributed by atoms with Gasteiger partial charge in [-0.2, -0.15) is 0 Å². The molecule has 2 rings (SSSR count). The van der Waals surface area contributed by atoms with E-state index in [9.17, 15) is 0 Å². The van der Waals surface area contributed by atoms with E-state index in [1.54, 1.807) is 11.3 Å². The summed E-state index contributed by atoms with van der Waals surface area (Å²) in [7, 11) is 0. The first-order valence-corrected chi connectivity index (χ1v) is 5.19. The van der Waals surface area contributed by atoms with Gasteiger partial charge in [0.2, 0.25) is 0 Å². The van der Waals surface area contributed by atoms with Gasteiger partial charge in [-0.3, -0.25) is 0 Å². The van der Waals surface area contributed by atoms with E-state index in [-0.39, 0.29) is 0 Å². The van der Waals surface area contributed by atoms with E-state index < -0.39 is 0 Å². The fourth-order valence-electron chi connectivity index (χ4n) is 1.15. The van der Waals surface area contributed by atoms with E-state index in [1.165, 1.54) is 0 Å². The van der Waals surface area contributed by atoms with Crippen LogP contribution in [0.5, 0.6) is 0 Å².